The van der Waals surface area contributed by atoms with Crippen LogP contribution < -0.4 is 5.32 Å². The van der Waals surface area contributed by atoms with Crippen LogP contribution in [-0.2, 0) is 9.53 Å². The SMILES string of the molecule is COCC(=O)Nc1cc(C)ccc1SCC(F)(F)F. The molecule has 0 fully saturated rings. The molecule has 1 N–H and O–H groups in total. The van der Waals surface area contributed by atoms with Gasteiger partial charge in [-0.25, -0.2) is 0 Å². The second-order valence-electron chi connectivity index (χ2n) is 3.88. The molecule has 7 heteroatoms. The summed E-state index contributed by atoms with van der Waals surface area (Å²) in [6.45, 7) is 1.65. The molecule has 106 valence electrons. The molecule has 0 aromatic heterocycles. The Bertz CT molecular complexity index is 449. The molecule has 1 rings (SSSR count). The molecule has 0 saturated heterocycles. The van der Waals surface area contributed by atoms with E-state index in [0.717, 1.165) is 5.56 Å². The van der Waals surface area contributed by atoms with Gasteiger partial charge >= 0.3 is 6.18 Å². The fraction of sp³-hybridized carbons (Fsp3) is 0.417. The van der Waals surface area contributed by atoms with E-state index in [0.29, 0.717) is 22.3 Å². The summed E-state index contributed by atoms with van der Waals surface area (Å²) < 4.78 is 41.3. The fourth-order valence-electron chi connectivity index (χ4n) is 1.34. The number of aryl methyl sites for hydroxylation is 1. The molecule has 19 heavy (non-hydrogen) atoms. The summed E-state index contributed by atoms with van der Waals surface area (Å²) in [5.41, 5.74) is 1.22. The summed E-state index contributed by atoms with van der Waals surface area (Å²) in [4.78, 5) is 11.8. The topological polar surface area (TPSA) is 38.3 Å². The van der Waals surface area contributed by atoms with Crippen LogP contribution in [0.15, 0.2) is 23.1 Å². The number of anilines is 1. The van der Waals surface area contributed by atoms with Crippen LogP contribution >= 0.6 is 11.8 Å². The number of thioether (sulfide) groups is 1. The number of nitrogens with one attached hydrogen (secondary N) is 1. The highest BCUT2D eigenvalue weighted by molar-refractivity contribution is 7.99. The molecule has 0 aliphatic heterocycles. The normalized spacial score (nSPS) is 11.4. The van der Waals surface area contributed by atoms with Gasteiger partial charge in [-0.3, -0.25) is 4.79 Å². The molecule has 1 aromatic rings. The third-order valence-corrected chi connectivity index (χ3v) is 3.21. The maximum atomic E-state index is 12.2. The van der Waals surface area contributed by atoms with Gasteiger partial charge in [0.25, 0.3) is 0 Å². The Hall–Kier alpha value is -1.21. The lowest BCUT2D eigenvalue weighted by atomic mass is 10.2. The standard InChI is InChI=1S/C12H14F3NO2S/c1-8-3-4-10(19-7-12(13,14)15)9(5-8)16-11(17)6-18-2/h3-5H,6-7H2,1-2H3,(H,16,17). The maximum absolute atomic E-state index is 12.2. The fourth-order valence-corrected chi connectivity index (χ4v) is 2.09. The maximum Gasteiger partial charge on any atom is 0.398 e. The predicted octanol–water partition coefficient (Wildman–Crippen LogP) is 3.23. The molecule has 1 aromatic carbocycles. The summed E-state index contributed by atoms with van der Waals surface area (Å²) in [5, 5.41) is 2.54. The third-order valence-electron chi connectivity index (χ3n) is 2.08. The predicted molar refractivity (Wildman–Crippen MR) is 68.5 cm³/mol. The zero-order valence-electron chi connectivity index (χ0n) is 10.5. The van der Waals surface area contributed by atoms with Gasteiger partial charge in [0.1, 0.15) is 6.61 Å². The van der Waals surface area contributed by atoms with E-state index < -0.39 is 17.8 Å². The molecule has 0 aliphatic carbocycles. The van der Waals surface area contributed by atoms with Gasteiger partial charge in [-0.05, 0) is 24.6 Å². The first kappa shape index (κ1) is 15.8. The van der Waals surface area contributed by atoms with Gasteiger partial charge in [0.2, 0.25) is 5.91 Å². The minimum Gasteiger partial charge on any atom is -0.375 e. The van der Waals surface area contributed by atoms with Crippen LogP contribution in [0, 0.1) is 6.92 Å². The Morgan fingerprint density at radius 3 is 2.68 bits per heavy atom. The van der Waals surface area contributed by atoms with Crippen molar-refractivity contribution >= 4 is 23.4 Å². The number of carbonyl (C=O) groups excluding carboxylic acids is 1. The summed E-state index contributed by atoms with van der Waals surface area (Å²) in [7, 11) is 1.37. The number of hydrogen-bond acceptors (Lipinski definition) is 3. The number of hydrogen-bond donors (Lipinski definition) is 1. The lowest BCUT2D eigenvalue weighted by molar-refractivity contribution is -0.119. The summed E-state index contributed by atoms with van der Waals surface area (Å²) >= 11 is 0.642. The van der Waals surface area contributed by atoms with Crippen LogP contribution in [0.1, 0.15) is 5.56 Å². The van der Waals surface area contributed by atoms with E-state index in [4.69, 9.17) is 0 Å². The van der Waals surface area contributed by atoms with Gasteiger partial charge in [0.05, 0.1) is 11.4 Å². The molecule has 1 amide bonds. The number of amides is 1. The third kappa shape index (κ3) is 5.98. The zero-order chi connectivity index (χ0) is 14.5. The summed E-state index contributed by atoms with van der Waals surface area (Å²) in [6, 6.07) is 4.89. The van der Waals surface area contributed by atoms with Gasteiger partial charge in [0, 0.05) is 12.0 Å². The minimum absolute atomic E-state index is 0.142. The molecule has 0 unspecified atom stereocenters. The van der Waals surface area contributed by atoms with Gasteiger partial charge in [-0.2, -0.15) is 13.2 Å². The van der Waals surface area contributed by atoms with Crippen molar-refractivity contribution in [3.05, 3.63) is 23.8 Å². The Labute approximate surface area is 113 Å². The van der Waals surface area contributed by atoms with E-state index in [1.54, 1.807) is 25.1 Å². The Morgan fingerprint density at radius 2 is 2.11 bits per heavy atom. The van der Waals surface area contributed by atoms with E-state index in [1.165, 1.54) is 7.11 Å². The van der Waals surface area contributed by atoms with E-state index in [2.05, 4.69) is 10.1 Å². The minimum atomic E-state index is -4.25. The number of halogens is 3. The van der Waals surface area contributed by atoms with Crippen LogP contribution in [0.3, 0.4) is 0 Å². The van der Waals surface area contributed by atoms with E-state index in [9.17, 15) is 18.0 Å². The van der Waals surface area contributed by atoms with Crippen LogP contribution in [0.2, 0.25) is 0 Å². The number of ether oxygens (including phenoxy) is 1. The van der Waals surface area contributed by atoms with E-state index >= 15 is 0 Å². The second kappa shape index (κ2) is 6.81. The average Bonchev–Trinajstić information content (AvgIpc) is 2.27. The van der Waals surface area contributed by atoms with Gasteiger partial charge in [-0.15, -0.1) is 11.8 Å². The Kier molecular flexibility index (Phi) is 5.68. The van der Waals surface area contributed by atoms with Crippen molar-refractivity contribution < 1.29 is 22.7 Å². The lowest BCUT2D eigenvalue weighted by Crippen LogP contribution is -2.18. The van der Waals surface area contributed by atoms with Crippen molar-refractivity contribution in [2.45, 2.75) is 18.0 Å². The van der Waals surface area contributed by atoms with Crippen molar-refractivity contribution in [3.63, 3.8) is 0 Å². The zero-order valence-corrected chi connectivity index (χ0v) is 11.3. The highest BCUT2D eigenvalue weighted by atomic mass is 32.2. The number of methoxy groups -OCH3 is 1. The van der Waals surface area contributed by atoms with Crippen molar-refractivity contribution in [1.29, 1.82) is 0 Å². The highest BCUT2D eigenvalue weighted by Crippen LogP contribution is 2.32. The van der Waals surface area contributed by atoms with Gasteiger partial charge in [0.15, 0.2) is 0 Å². The van der Waals surface area contributed by atoms with E-state index in [-0.39, 0.29) is 6.61 Å². The van der Waals surface area contributed by atoms with Crippen LogP contribution in [0.25, 0.3) is 0 Å². The van der Waals surface area contributed by atoms with Crippen molar-refractivity contribution in [2.24, 2.45) is 0 Å². The first-order valence-electron chi connectivity index (χ1n) is 5.41. The average molecular weight is 293 g/mol. The molecule has 0 atom stereocenters. The molecule has 0 bridgehead atoms. The van der Waals surface area contributed by atoms with Gasteiger partial charge < -0.3 is 10.1 Å². The number of carbonyl (C=O) groups is 1. The monoisotopic (exact) mass is 293 g/mol. The van der Waals surface area contributed by atoms with Gasteiger partial charge in [-0.1, -0.05) is 6.07 Å². The number of rotatable bonds is 5. The highest BCUT2D eigenvalue weighted by Gasteiger charge is 2.27. The second-order valence-corrected chi connectivity index (χ2v) is 4.90. The molecule has 0 saturated carbocycles. The summed E-state index contributed by atoms with van der Waals surface area (Å²) in [6.07, 6.45) is -4.25. The Balaban J connectivity index is 2.82. The quantitative estimate of drug-likeness (QED) is 0.847. The molecule has 0 heterocycles. The lowest BCUT2D eigenvalue weighted by Gasteiger charge is -2.12. The summed E-state index contributed by atoms with van der Waals surface area (Å²) in [5.74, 6) is -1.40. The molecule has 3 nitrogen and oxygen atoms in total. The number of benzene rings is 1. The Morgan fingerprint density at radius 1 is 1.42 bits per heavy atom. The first-order chi connectivity index (χ1) is 8.81. The first-order valence-corrected chi connectivity index (χ1v) is 6.39. The molecular weight excluding hydrogens is 279 g/mol. The molecule has 0 aliphatic rings. The molecule has 0 spiro atoms. The van der Waals surface area contributed by atoms with Crippen LogP contribution in [-0.4, -0.2) is 31.6 Å². The van der Waals surface area contributed by atoms with Crippen molar-refractivity contribution in [3.8, 4) is 0 Å². The number of alkyl halides is 3. The van der Waals surface area contributed by atoms with Crippen molar-refractivity contribution in [1.82, 2.24) is 0 Å². The largest absolute Gasteiger partial charge is 0.398 e. The van der Waals surface area contributed by atoms with Crippen LogP contribution in [0.5, 0.6) is 0 Å². The molecular formula is C12H14F3NO2S. The van der Waals surface area contributed by atoms with Crippen LogP contribution in [0.4, 0.5) is 18.9 Å². The van der Waals surface area contributed by atoms with Crippen molar-refractivity contribution in [2.75, 3.05) is 24.8 Å². The van der Waals surface area contributed by atoms with E-state index in [1.807, 2.05) is 0 Å². The smallest absolute Gasteiger partial charge is 0.375 e. The molecule has 0 radical (unpaired) electrons.